The van der Waals surface area contributed by atoms with E-state index in [1.165, 1.54) is 38.5 Å². The highest BCUT2D eigenvalue weighted by Crippen LogP contribution is 2.10. The predicted molar refractivity (Wildman–Crippen MR) is 70.9 cm³/mol. The van der Waals surface area contributed by atoms with Crippen molar-refractivity contribution in [3.63, 3.8) is 0 Å². The molecule has 2 heteroatoms. The first-order valence-electron chi connectivity index (χ1n) is 7.20. The van der Waals surface area contributed by atoms with Crippen LogP contribution in [0.1, 0.15) is 70.6 Å². The molecule has 1 aliphatic rings. The van der Waals surface area contributed by atoms with Crippen LogP contribution in [-0.2, 0) is 9.53 Å². The van der Waals surface area contributed by atoms with Crippen LogP contribution >= 0.6 is 0 Å². The summed E-state index contributed by atoms with van der Waals surface area (Å²) in [6.45, 7) is 0.604. The fraction of sp³-hybridized carbons (Fsp3) is 0.800. The largest absolute Gasteiger partial charge is 0.466 e. The number of hydrogen-bond acceptors (Lipinski definition) is 2. The highest BCUT2D eigenvalue weighted by atomic mass is 16.5. The van der Waals surface area contributed by atoms with Crippen molar-refractivity contribution in [3.05, 3.63) is 12.2 Å². The van der Waals surface area contributed by atoms with Gasteiger partial charge in [-0.15, -0.1) is 0 Å². The normalized spacial score (nSPS) is 23.9. The third-order valence-electron chi connectivity index (χ3n) is 3.20. The molecule has 0 aromatic heterocycles. The van der Waals surface area contributed by atoms with Crippen LogP contribution in [0.2, 0.25) is 0 Å². The number of carbonyl (C=O) groups is 1. The lowest BCUT2D eigenvalue weighted by atomic mass is 10.1. The Morgan fingerprint density at radius 2 is 1.35 bits per heavy atom. The zero-order valence-corrected chi connectivity index (χ0v) is 11.0. The van der Waals surface area contributed by atoms with Gasteiger partial charge in [-0.1, -0.05) is 37.8 Å². The molecule has 1 heterocycles. The standard InChI is InChI=1S/C15H26O2/c16-15-13-11-9-7-5-3-1-2-4-6-8-10-12-14-17-15/h4,6H,1-3,5,7-14H2/b6-4+. The molecule has 0 atom stereocenters. The number of hydrogen-bond donors (Lipinski definition) is 0. The molecule has 1 rings (SSSR count). The molecule has 0 fully saturated rings. The van der Waals surface area contributed by atoms with E-state index in [4.69, 9.17) is 4.74 Å². The average molecular weight is 238 g/mol. The van der Waals surface area contributed by atoms with Crippen LogP contribution in [0.3, 0.4) is 0 Å². The topological polar surface area (TPSA) is 26.3 Å². The predicted octanol–water partition coefficient (Wildman–Crippen LogP) is 4.39. The summed E-state index contributed by atoms with van der Waals surface area (Å²) in [6, 6.07) is 0. The molecule has 0 N–H and O–H groups in total. The summed E-state index contributed by atoms with van der Waals surface area (Å²) in [4.78, 5) is 11.3. The van der Waals surface area contributed by atoms with Gasteiger partial charge >= 0.3 is 5.97 Å². The van der Waals surface area contributed by atoms with Gasteiger partial charge in [0.05, 0.1) is 6.61 Å². The van der Waals surface area contributed by atoms with Crippen molar-refractivity contribution in [1.82, 2.24) is 0 Å². The number of allylic oxidation sites excluding steroid dienone is 2. The van der Waals surface area contributed by atoms with E-state index in [9.17, 15) is 4.79 Å². The Balaban J connectivity index is 2.18. The Morgan fingerprint density at radius 1 is 0.765 bits per heavy atom. The lowest BCUT2D eigenvalue weighted by molar-refractivity contribution is -0.143. The van der Waals surface area contributed by atoms with Crippen LogP contribution in [0.25, 0.3) is 0 Å². The number of cyclic esters (lactones) is 1. The van der Waals surface area contributed by atoms with Gasteiger partial charge in [-0.05, 0) is 38.5 Å². The van der Waals surface area contributed by atoms with Gasteiger partial charge in [0.15, 0.2) is 0 Å². The third kappa shape index (κ3) is 8.96. The summed E-state index contributed by atoms with van der Waals surface area (Å²) in [6.07, 6.45) is 17.1. The van der Waals surface area contributed by atoms with Crippen molar-refractivity contribution < 1.29 is 9.53 Å². The summed E-state index contributed by atoms with van der Waals surface area (Å²) in [7, 11) is 0. The minimum Gasteiger partial charge on any atom is -0.466 e. The molecule has 0 bridgehead atoms. The van der Waals surface area contributed by atoms with Gasteiger partial charge in [0, 0.05) is 6.42 Å². The summed E-state index contributed by atoms with van der Waals surface area (Å²) >= 11 is 0. The third-order valence-corrected chi connectivity index (χ3v) is 3.20. The molecule has 17 heavy (non-hydrogen) atoms. The number of ether oxygens (including phenoxy) is 1. The Morgan fingerprint density at radius 3 is 2.12 bits per heavy atom. The molecule has 0 amide bonds. The highest BCUT2D eigenvalue weighted by Gasteiger charge is 2.02. The molecule has 0 aliphatic carbocycles. The first-order valence-corrected chi connectivity index (χ1v) is 7.20. The van der Waals surface area contributed by atoms with Gasteiger partial charge in [-0.3, -0.25) is 4.79 Å². The first-order chi connectivity index (χ1) is 8.39. The smallest absolute Gasteiger partial charge is 0.305 e. The van der Waals surface area contributed by atoms with Gasteiger partial charge in [-0.2, -0.15) is 0 Å². The highest BCUT2D eigenvalue weighted by molar-refractivity contribution is 5.69. The maximum atomic E-state index is 11.3. The number of rotatable bonds is 0. The van der Waals surface area contributed by atoms with Crippen LogP contribution in [0.4, 0.5) is 0 Å². The van der Waals surface area contributed by atoms with Gasteiger partial charge < -0.3 is 4.74 Å². The lowest BCUT2D eigenvalue weighted by Crippen LogP contribution is -2.05. The second-order valence-corrected chi connectivity index (χ2v) is 4.85. The van der Waals surface area contributed by atoms with Crippen molar-refractivity contribution in [2.75, 3.05) is 6.61 Å². The second-order valence-electron chi connectivity index (χ2n) is 4.85. The van der Waals surface area contributed by atoms with E-state index in [2.05, 4.69) is 12.2 Å². The van der Waals surface area contributed by atoms with Gasteiger partial charge in [0.25, 0.3) is 0 Å². The first kappa shape index (κ1) is 14.3. The summed E-state index contributed by atoms with van der Waals surface area (Å²) in [5.41, 5.74) is 0. The Bertz CT molecular complexity index is 221. The molecular weight excluding hydrogens is 212 g/mol. The van der Waals surface area contributed by atoms with Gasteiger partial charge in [0.1, 0.15) is 0 Å². The summed E-state index contributed by atoms with van der Waals surface area (Å²) in [5, 5.41) is 0. The van der Waals surface area contributed by atoms with Crippen LogP contribution in [0.5, 0.6) is 0 Å². The minimum atomic E-state index is -0.00682. The molecule has 0 aromatic rings. The molecule has 0 aromatic carbocycles. The zero-order chi connectivity index (χ0) is 12.2. The minimum absolute atomic E-state index is 0.00682. The van der Waals surface area contributed by atoms with Crippen LogP contribution in [0.15, 0.2) is 12.2 Å². The SMILES string of the molecule is O=C1CCCCCCCC/C=C/CCCCO1. The summed E-state index contributed by atoms with van der Waals surface area (Å²) < 4.78 is 5.18. The lowest BCUT2D eigenvalue weighted by Gasteiger charge is -2.05. The maximum absolute atomic E-state index is 11.3. The van der Waals surface area contributed by atoms with Crippen molar-refractivity contribution in [3.8, 4) is 0 Å². The van der Waals surface area contributed by atoms with Crippen LogP contribution in [0, 0.1) is 0 Å². The Hall–Kier alpha value is -0.790. The van der Waals surface area contributed by atoms with Crippen LogP contribution < -0.4 is 0 Å². The Kier molecular flexibility index (Phi) is 8.71. The molecule has 2 nitrogen and oxygen atoms in total. The van der Waals surface area contributed by atoms with E-state index in [1.807, 2.05) is 0 Å². The molecule has 0 unspecified atom stereocenters. The fourth-order valence-corrected chi connectivity index (χ4v) is 2.10. The van der Waals surface area contributed by atoms with Crippen molar-refractivity contribution in [1.29, 1.82) is 0 Å². The Labute approximate surface area is 105 Å². The maximum Gasteiger partial charge on any atom is 0.305 e. The second kappa shape index (κ2) is 10.4. The quantitative estimate of drug-likeness (QED) is 0.462. The van der Waals surface area contributed by atoms with Crippen LogP contribution in [-0.4, -0.2) is 12.6 Å². The molecule has 0 saturated carbocycles. The summed E-state index contributed by atoms with van der Waals surface area (Å²) in [5.74, 6) is -0.00682. The van der Waals surface area contributed by atoms with Crippen molar-refractivity contribution in [2.45, 2.75) is 70.6 Å². The van der Waals surface area contributed by atoms with E-state index >= 15 is 0 Å². The monoisotopic (exact) mass is 238 g/mol. The zero-order valence-electron chi connectivity index (χ0n) is 11.0. The molecule has 1 aliphatic heterocycles. The van der Waals surface area contributed by atoms with Crippen molar-refractivity contribution in [2.24, 2.45) is 0 Å². The van der Waals surface area contributed by atoms with E-state index in [0.29, 0.717) is 13.0 Å². The van der Waals surface area contributed by atoms with E-state index in [1.54, 1.807) is 0 Å². The van der Waals surface area contributed by atoms with E-state index in [0.717, 1.165) is 25.7 Å². The molecule has 0 saturated heterocycles. The molecule has 98 valence electrons. The number of carbonyl (C=O) groups excluding carboxylic acids is 1. The van der Waals surface area contributed by atoms with E-state index < -0.39 is 0 Å². The van der Waals surface area contributed by atoms with Crippen molar-refractivity contribution >= 4 is 5.97 Å². The molecule has 0 spiro atoms. The van der Waals surface area contributed by atoms with Gasteiger partial charge in [-0.25, -0.2) is 0 Å². The average Bonchev–Trinajstić information content (AvgIpc) is 2.32. The molecule has 0 radical (unpaired) electrons. The fourth-order valence-electron chi connectivity index (χ4n) is 2.10. The van der Waals surface area contributed by atoms with Gasteiger partial charge in [0.2, 0.25) is 0 Å². The number of esters is 1. The van der Waals surface area contributed by atoms with E-state index in [-0.39, 0.29) is 5.97 Å². The molecular formula is C15H26O2.